The minimum absolute atomic E-state index is 0.0612. The van der Waals surface area contributed by atoms with Gasteiger partial charge in [0.25, 0.3) is 5.56 Å². The van der Waals surface area contributed by atoms with Crippen LogP contribution in [0.3, 0.4) is 0 Å². The molecule has 0 aliphatic rings. The van der Waals surface area contributed by atoms with Gasteiger partial charge in [0.1, 0.15) is 11.5 Å². The van der Waals surface area contributed by atoms with Gasteiger partial charge in [-0.05, 0) is 53.9 Å². The second kappa shape index (κ2) is 9.62. The van der Waals surface area contributed by atoms with Gasteiger partial charge in [-0.1, -0.05) is 24.3 Å². The van der Waals surface area contributed by atoms with Crippen LogP contribution in [0.1, 0.15) is 29.0 Å². The molecule has 0 spiro atoms. The van der Waals surface area contributed by atoms with Crippen LogP contribution < -0.4 is 10.9 Å². The Morgan fingerprint density at radius 3 is 2.53 bits per heavy atom. The topological polar surface area (TPSA) is 124 Å². The first-order chi connectivity index (χ1) is 16.3. The Morgan fingerprint density at radius 1 is 1.03 bits per heavy atom. The monoisotopic (exact) mass is 463 g/mol. The maximum absolute atomic E-state index is 13.5. The van der Waals surface area contributed by atoms with Crippen molar-refractivity contribution in [3.8, 4) is 17.4 Å². The number of phenols is 2. The zero-order chi connectivity index (χ0) is 24.2. The Balaban J connectivity index is 1.59. The van der Waals surface area contributed by atoms with Crippen LogP contribution in [0.2, 0.25) is 0 Å². The molecular weight excluding hydrogens is 441 g/mol. The number of fused-ring (bicyclic) bond motifs is 1. The van der Waals surface area contributed by atoms with Gasteiger partial charge >= 0.3 is 0 Å². The first kappa shape index (κ1) is 22.8. The number of hydrogen-bond donors (Lipinski definition) is 4. The van der Waals surface area contributed by atoms with Crippen molar-refractivity contribution in [2.24, 2.45) is 0 Å². The summed E-state index contributed by atoms with van der Waals surface area (Å²) in [6.45, 7) is 0.236. The second-order valence-electron chi connectivity index (χ2n) is 7.81. The highest BCUT2D eigenvalue weighted by Crippen LogP contribution is 2.31. The number of aromatic nitrogens is 2. The van der Waals surface area contributed by atoms with Crippen LogP contribution >= 0.6 is 0 Å². The molecule has 0 radical (unpaired) electrons. The van der Waals surface area contributed by atoms with Gasteiger partial charge in [0.2, 0.25) is 11.8 Å². The summed E-state index contributed by atoms with van der Waals surface area (Å²) in [5, 5.41) is 32.3. The lowest BCUT2D eigenvalue weighted by Crippen LogP contribution is -2.30. The van der Waals surface area contributed by atoms with Crippen molar-refractivity contribution in [3.63, 3.8) is 0 Å². The molecule has 0 unspecified atom stereocenters. The number of phenolic OH excluding ortho intramolecular Hbond substituents is 2. The summed E-state index contributed by atoms with van der Waals surface area (Å²) in [6, 6.07) is 14.7. The van der Waals surface area contributed by atoms with Gasteiger partial charge in [0, 0.05) is 25.1 Å². The molecule has 34 heavy (non-hydrogen) atoms. The van der Waals surface area contributed by atoms with Crippen molar-refractivity contribution in [1.82, 2.24) is 14.7 Å². The molecule has 1 amide bonds. The van der Waals surface area contributed by atoms with Crippen molar-refractivity contribution in [3.05, 3.63) is 99.7 Å². The SMILES string of the molecule is O=C(C[C@H](c1ccc(F)cc1)c1c(O)nc2ccccn2c1=O)NCCc1ccc(O)c(O)c1. The molecule has 2 aromatic carbocycles. The molecule has 8 nitrogen and oxygen atoms in total. The average molecular weight is 463 g/mol. The van der Waals surface area contributed by atoms with Gasteiger partial charge in [-0.2, -0.15) is 4.98 Å². The van der Waals surface area contributed by atoms with Crippen LogP contribution in [0.4, 0.5) is 4.39 Å². The molecule has 174 valence electrons. The Hall–Kier alpha value is -4.40. The number of carbonyl (C=O) groups excluding carboxylic acids is 1. The number of rotatable bonds is 7. The van der Waals surface area contributed by atoms with E-state index in [0.29, 0.717) is 17.5 Å². The number of aromatic hydroxyl groups is 3. The van der Waals surface area contributed by atoms with E-state index in [0.717, 1.165) is 0 Å². The fourth-order valence-corrected chi connectivity index (χ4v) is 3.81. The van der Waals surface area contributed by atoms with Crippen molar-refractivity contribution in [2.45, 2.75) is 18.8 Å². The summed E-state index contributed by atoms with van der Waals surface area (Å²) in [6.07, 6.45) is 1.73. The molecule has 2 heterocycles. The van der Waals surface area contributed by atoms with E-state index in [1.807, 2.05) is 0 Å². The zero-order valence-electron chi connectivity index (χ0n) is 18.0. The Bertz CT molecular complexity index is 1400. The zero-order valence-corrected chi connectivity index (χ0v) is 18.0. The maximum atomic E-state index is 13.5. The molecule has 4 N–H and O–H groups in total. The maximum Gasteiger partial charge on any atom is 0.265 e. The van der Waals surface area contributed by atoms with Gasteiger partial charge in [0.15, 0.2) is 11.5 Å². The Morgan fingerprint density at radius 2 is 1.79 bits per heavy atom. The number of carbonyl (C=O) groups is 1. The van der Waals surface area contributed by atoms with Crippen molar-refractivity contribution >= 4 is 11.6 Å². The highest BCUT2D eigenvalue weighted by molar-refractivity contribution is 5.77. The second-order valence-corrected chi connectivity index (χ2v) is 7.81. The molecule has 0 aliphatic carbocycles. The van der Waals surface area contributed by atoms with Crippen molar-refractivity contribution < 1.29 is 24.5 Å². The average Bonchev–Trinajstić information content (AvgIpc) is 2.81. The lowest BCUT2D eigenvalue weighted by molar-refractivity contribution is -0.121. The van der Waals surface area contributed by atoms with E-state index < -0.39 is 29.1 Å². The van der Waals surface area contributed by atoms with Gasteiger partial charge in [-0.3, -0.25) is 14.0 Å². The number of hydrogen-bond acceptors (Lipinski definition) is 6. The van der Waals surface area contributed by atoms with Crippen molar-refractivity contribution in [2.75, 3.05) is 6.54 Å². The predicted octanol–water partition coefficient (Wildman–Crippen LogP) is 2.83. The van der Waals surface area contributed by atoms with Gasteiger partial charge in [-0.25, -0.2) is 4.39 Å². The van der Waals surface area contributed by atoms with Crippen LogP contribution in [0, 0.1) is 5.82 Å². The van der Waals surface area contributed by atoms with E-state index in [1.165, 1.54) is 47.0 Å². The molecule has 0 saturated heterocycles. The molecule has 4 aromatic rings. The van der Waals surface area contributed by atoms with E-state index >= 15 is 0 Å². The van der Waals surface area contributed by atoms with Crippen LogP contribution in [-0.2, 0) is 11.2 Å². The largest absolute Gasteiger partial charge is 0.504 e. The standard InChI is InChI=1S/C25H22FN3O5/c26-17-7-5-16(6-8-17)18(23-24(33)28-21-3-1-2-12-29(21)25(23)34)14-22(32)27-11-10-15-4-9-19(30)20(31)13-15/h1-9,12-13,18,30-31,33H,10-11,14H2,(H,27,32)/t18-/m1/s1. The number of amides is 1. The molecule has 0 fully saturated rings. The molecule has 2 aromatic heterocycles. The fraction of sp³-hybridized carbons (Fsp3) is 0.160. The lowest BCUT2D eigenvalue weighted by Gasteiger charge is -2.18. The van der Waals surface area contributed by atoms with Crippen LogP contribution in [-0.4, -0.2) is 37.2 Å². The minimum Gasteiger partial charge on any atom is -0.504 e. The van der Waals surface area contributed by atoms with Crippen LogP contribution in [0.15, 0.2) is 71.7 Å². The number of benzene rings is 2. The third-order valence-electron chi connectivity index (χ3n) is 5.53. The van der Waals surface area contributed by atoms with E-state index in [9.17, 15) is 29.3 Å². The van der Waals surface area contributed by atoms with Gasteiger partial charge < -0.3 is 20.6 Å². The Kier molecular flexibility index (Phi) is 6.44. The van der Waals surface area contributed by atoms with Crippen LogP contribution in [0.25, 0.3) is 5.65 Å². The summed E-state index contributed by atoms with van der Waals surface area (Å²) in [5.74, 6) is -2.70. The number of nitrogens with one attached hydrogen (secondary N) is 1. The fourth-order valence-electron chi connectivity index (χ4n) is 3.81. The molecular formula is C25H22FN3O5. The third-order valence-corrected chi connectivity index (χ3v) is 5.53. The molecule has 1 atom stereocenters. The molecule has 0 aliphatic heterocycles. The first-order valence-electron chi connectivity index (χ1n) is 10.6. The summed E-state index contributed by atoms with van der Waals surface area (Å²) in [7, 11) is 0. The number of nitrogens with zero attached hydrogens (tertiary/aromatic N) is 2. The first-order valence-corrected chi connectivity index (χ1v) is 10.6. The van der Waals surface area contributed by atoms with E-state index in [-0.39, 0.29) is 35.7 Å². The van der Waals surface area contributed by atoms with Gasteiger partial charge in [-0.15, -0.1) is 0 Å². The minimum atomic E-state index is -0.865. The van der Waals surface area contributed by atoms with E-state index in [2.05, 4.69) is 10.3 Å². The summed E-state index contributed by atoms with van der Waals surface area (Å²) in [4.78, 5) is 30.1. The Labute approximate surface area is 193 Å². The molecule has 0 bridgehead atoms. The summed E-state index contributed by atoms with van der Waals surface area (Å²) in [5.41, 5.74) is 0.859. The summed E-state index contributed by atoms with van der Waals surface area (Å²) < 4.78 is 14.8. The molecule has 0 saturated carbocycles. The molecule has 4 rings (SSSR count). The van der Waals surface area contributed by atoms with Crippen LogP contribution in [0.5, 0.6) is 17.4 Å². The van der Waals surface area contributed by atoms with Gasteiger partial charge in [0.05, 0.1) is 5.56 Å². The highest BCUT2D eigenvalue weighted by atomic mass is 19.1. The summed E-state index contributed by atoms with van der Waals surface area (Å²) >= 11 is 0. The smallest absolute Gasteiger partial charge is 0.265 e. The van der Waals surface area contributed by atoms with Crippen molar-refractivity contribution in [1.29, 1.82) is 0 Å². The lowest BCUT2D eigenvalue weighted by atomic mass is 9.89. The molecule has 9 heteroatoms. The quantitative estimate of drug-likeness (QED) is 0.313. The predicted molar refractivity (Wildman–Crippen MR) is 122 cm³/mol. The van der Waals surface area contributed by atoms with E-state index in [4.69, 9.17) is 0 Å². The normalized spacial score (nSPS) is 11.9. The third kappa shape index (κ3) is 4.83. The highest BCUT2D eigenvalue weighted by Gasteiger charge is 2.26. The number of halogens is 1. The van der Waals surface area contributed by atoms with E-state index in [1.54, 1.807) is 24.3 Å². The number of pyridine rings is 1.